The van der Waals surface area contributed by atoms with Gasteiger partial charge in [0.25, 0.3) is 0 Å². The lowest BCUT2D eigenvalue weighted by molar-refractivity contribution is -0.121. The Hall–Kier alpha value is -1.14. The molecule has 1 aliphatic heterocycles. The zero-order valence-corrected chi connectivity index (χ0v) is 12.1. The van der Waals surface area contributed by atoms with Crippen LogP contribution in [-0.2, 0) is 4.79 Å². The second-order valence-corrected chi connectivity index (χ2v) is 5.50. The van der Waals surface area contributed by atoms with Gasteiger partial charge in [-0.2, -0.15) is 0 Å². The molecule has 1 atom stereocenters. The predicted octanol–water partition coefficient (Wildman–Crippen LogP) is 2.10. The number of carbonyl (C=O) groups is 1. The first-order chi connectivity index (χ1) is 8.58. The van der Waals surface area contributed by atoms with Crippen LogP contribution in [0.2, 0.25) is 0 Å². The van der Waals surface area contributed by atoms with E-state index >= 15 is 0 Å². The molecule has 6 heteroatoms. The first-order valence-electron chi connectivity index (χ1n) is 5.70. The van der Waals surface area contributed by atoms with Crippen LogP contribution in [0.25, 0.3) is 0 Å². The van der Waals surface area contributed by atoms with Crippen LogP contribution < -0.4 is 11.1 Å². The summed E-state index contributed by atoms with van der Waals surface area (Å²) in [7, 11) is 0. The minimum atomic E-state index is -0.314. The second-order valence-electron chi connectivity index (χ2n) is 4.19. The average Bonchev–Trinajstić information content (AvgIpc) is 2.77. The van der Waals surface area contributed by atoms with Gasteiger partial charge >= 0.3 is 0 Å². The SMILES string of the molecule is NC(=O)[C@H]1CCCN1C(=S)Nc1cccc(Br)c1. The fourth-order valence-corrected chi connectivity index (χ4v) is 2.80. The van der Waals surface area contributed by atoms with E-state index < -0.39 is 0 Å². The number of nitrogens with two attached hydrogens (primary N) is 1. The van der Waals surface area contributed by atoms with E-state index in [0.29, 0.717) is 5.11 Å². The highest BCUT2D eigenvalue weighted by Gasteiger charge is 2.30. The maximum absolute atomic E-state index is 11.3. The minimum Gasteiger partial charge on any atom is -0.368 e. The highest BCUT2D eigenvalue weighted by molar-refractivity contribution is 9.10. The van der Waals surface area contributed by atoms with Gasteiger partial charge in [-0.25, -0.2) is 0 Å². The van der Waals surface area contributed by atoms with Crippen LogP contribution in [-0.4, -0.2) is 28.5 Å². The Morgan fingerprint density at radius 1 is 1.56 bits per heavy atom. The number of rotatable bonds is 2. The van der Waals surface area contributed by atoms with Crippen molar-refractivity contribution < 1.29 is 4.79 Å². The van der Waals surface area contributed by atoms with Crippen LogP contribution in [0, 0.1) is 0 Å². The molecule has 0 aliphatic carbocycles. The summed E-state index contributed by atoms with van der Waals surface area (Å²) in [5.41, 5.74) is 6.26. The molecule has 0 radical (unpaired) electrons. The zero-order valence-electron chi connectivity index (χ0n) is 9.73. The third-order valence-corrected chi connectivity index (χ3v) is 3.75. The van der Waals surface area contributed by atoms with Gasteiger partial charge in [0.1, 0.15) is 6.04 Å². The molecule has 1 heterocycles. The third-order valence-electron chi connectivity index (χ3n) is 2.92. The summed E-state index contributed by atoms with van der Waals surface area (Å²) in [5, 5.41) is 3.68. The van der Waals surface area contributed by atoms with Gasteiger partial charge in [0, 0.05) is 16.7 Å². The average molecular weight is 328 g/mol. The van der Waals surface area contributed by atoms with Crippen molar-refractivity contribution in [3.8, 4) is 0 Å². The Bertz CT molecular complexity index is 480. The van der Waals surface area contributed by atoms with Gasteiger partial charge in [0.2, 0.25) is 5.91 Å². The molecule has 1 aliphatic rings. The number of carbonyl (C=O) groups excluding carboxylic acids is 1. The van der Waals surface area contributed by atoms with E-state index in [4.69, 9.17) is 18.0 Å². The lowest BCUT2D eigenvalue weighted by atomic mass is 10.2. The van der Waals surface area contributed by atoms with E-state index in [1.807, 2.05) is 29.2 Å². The van der Waals surface area contributed by atoms with E-state index in [1.54, 1.807) is 0 Å². The van der Waals surface area contributed by atoms with Gasteiger partial charge in [-0.05, 0) is 43.3 Å². The maximum atomic E-state index is 11.3. The molecule has 0 saturated carbocycles. The number of hydrogen-bond donors (Lipinski definition) is 2. The molecule has 1 saturated heterocycles. The summed E-state index contributed by atoms with van der Waals surface area (Å²) >= 11 is 8.73. The Labute approximate surface area is 120 Å². The van der Waals surface area contributed by atoms with Crippen LogP contribution >= 0.6 is 28.1 Å². The Morgan fingerprint density at radius 3 is 3.00 bits per heavy atom. The summed E-state index contributed by atoms with van der Waals surface area (Å²) in [6, 6.07) is 7.44. The topological polar surface area (TPSA) is 58.4 Å². The Balaban J connectivity index is 2.06. The number of benzene rings is 1. The number of likely N-dealkylation sites (tertiary alicyclic amines) is 1. The summed E-state index contributed by atoms with van der Waals surface area (Å²) in [4.78, 5) is 13.2. The molecule has 4 nitrogen and oxygen atoms in total. The summed E-state index contributed by atoms with van der Waals surface area (Å²) in [6.07, 6.45) is 1.71. The smallest absolute Gasteiger partial charge is 0.240 e. The molecule has 1 aromatic rings. The van der Waals surface area contributed by atoms with E-state index in [9.17, 15) is 4.79 Å². The van der Waals surface area contributed by atoms with Crippen molar-refractivity contribution in [3.63, 3.8) is 0 Å². The monoisotopic (exact) mass is 327 g/mol. The van der Waals surface area contributed by atoms with Gasteiger partial charge in [0.15, 0.2) is 5.11 Å². The van der Waals surface area contributed by atoms with Crippen molar-refractivity contribution in [2.75, 3.05) is 11.9 Å². The normalized spacial score (nSPS) is 18.7. The van der Waals surface area contributed by atoms with Crippen molar-refractivity contribution in [1.29, 1.82) is 0 Å². The lowest BCUT2D eigenvalue weighted by Crippen LogP contribution is -2.45. The molecule has 0 unspecified atom stereocenters. The molecular weight excluding hydrogens is 314 g/mol. The number of amides is 1. The molecule has 1 aromatic carbocycles. The second kappa shape index (κ2) is 5.67. The van der Waals surface area contributed by atoms with Crippen LogP contribution in [0.15, 0.2) is 28.7 Å². The third kappa shape index (κ3) is 3.00. The summed E-state index contributed by atoms with van der Waals surface area (Å²) < 4.78 is 0.975. The fraction of sp³-hybridized carbons (Fsp3) is 0.333. The first kappa shape index (κ1) is 13.3. The first-order valence-corrected chi connectivity index (χ1v) is 6.90. The van der Waals surface area contributed by atoms with Crippen molar-refractivity contribution in [2.45, 2.75) is 18.9 Å². The van der Waals surface area contributed by atoms with Crippen molar-refractivity contribution in [1.82, 2.24) is 4.90 Å². The number of primary amides is 1. The molecule has 0 aromatic heterocycles. The molecule has 0 spiro atoms. The molecule has 1 amide bonds. The lowest BCUT2D eigenvalue weighted by Gasteiger charge is -2.25. The van der Waals surface area contributed by atoms with Gasteiger partial charge in [0.05, 0.1) is 0 Å². The van der Waals surface area contributed by atoms with Crippen LogP contribution in [0.3, 0.4) is 0 Å². The number of halogens is 1. The van der Waals surface area contributed by atoms with Crippen LogP contribution in [0.1, 0.15) is 12.8 Å². The molecule has 18 heavy (non-hydrogen) atoms. The fourth-order valence-electron chi connectivity index (χ4n) is 2.07. The van der Waals surface area contributed by atoms with E-state index in [2.05, 4.69) is 21.2 Å². The molecule has 2 rings (SSSR count). The van der Waals surface area contributed by atoms with Crippen LogP contribution in [0.5, 0.6) is 0 Å². The van der Waals surface area contributed by atoms with Crippen molar-refractivity contribution >= 4 is 44.9 Å². The number of nitrogens with zero attached hydrogens (tertiary/aromatic N) is 1. The Morgan fingerprint density at radius 2 is 2.33 bits per heavy atom. The van der Waals surface area contributed by atoms with Crippen molar-refractivity contribution in [2.24, 2.45) is 5.73 Å². The highest BCUT2D eigenvalue weighted by Crippen LogP contribution is 2.20. The molecule has 0 bridgehead atoms. The molecular formula is C12H14BrN3OS. The quantitative estimate of drug-likeness (QED) is 0.817. The molecule has 96 valence electrons. The van der Waals surface area contributed by atoms with Crippen LogP contribution in [0.4, 0.5) is 5.69 Å². The minimum absolute atomic E-state index is 0.280. The van der Waals surface area contributed by atoms with Gasteiger partial charge in [-0.3, -0.25) is 4.79 Å². The number of thiocarbonyl (C=S) groups is 1. The van der Waals surface area contributed by atoms with E-state index in [-0.39, 0.29) is 11.9 Å². The van der Waals surface area contributed by atoms with Gasteiger partial charge < -0.3 is 16.0 Å². The summed E-state index contributed by atoms with van der Waals surface area (Å²) in [6.45, 7) is 0.771. The zero-order chi connectivity index (χ0) is 13.1. The van der Waals surface area contributed by atoms with Crippen molar-refractivity contribution in [3.05, 3.63) is 28.7 Å². The van der Waals surface area contributed by atoms with Gasteiger partial charge in [-0.15, -0.1) is 0 Å². The number of anilines is 1. The maximum Gasteiger partial charge on any atom is 0.240 e. The molecule has 1 fully saturated rings. The molecule has 3 N–H and O–H groups in total. The highest BCUT2D eigenvalue weighted by atomic mass is 79.9. The van der Waals surface area contributed by atoms with E-state index in [0.717, 1.165) is 29.5 Å². The largest absolute Gasteiger partial charge is 0.368 e. The standard InChI is InChI=1S/C12H14BrN3OS/c13-8-3-1-4-9(7-8)15-12(18)16-6-2-5-10(16)11(14)17/h1,3-4,7,10H,2,5-6H2,(H2,14,17)(H,15,18)/t10-/m1/s1. The summed E-state index contributed by atoms with van der Waals surface area (Å²) in [5.74, 6) is -0.314. The Kier molecular flexibility index (Phi) is 4.19. The number of hydrogen-bond acceptors (Lipinski definition) is 2. The van der Waals surface area contributed by atoms with Gasteiger partial charge in [-0.1, -0.05) is 22.0 Å². The number of nitrogens with one attached hydrogen (secondary N) is 1. The van der Waals surface area contributed by atoms with E-state index in [1.165, 1.54) is 0 Å². The predicted molar refractivity (Wildman–Crippen MR) is 79.3 cm³/mol.